The SMILES string of the molecule is CN/C=C(\N=N)C(C)N. The van der Waals surface area contributed by atoms with Crippen LogP contribution in [0, 0.1) is 5.53 Å². The molecule has 4 N–H and O–H groups in total. The largest absolute Gasteiger partial charge is 0.392 e. The van der Waals surface area contributed by atoms with Gasteiger partial charge in [-0.3, -0.25) is 0 Å². The van der Waals surface area contributed by atoms with Crippen molar-refractivity contribution in [1.82, 2.24) is 5.32 Å². The van der Waals surface area contributed by atoms with E-state index in [9.17, 15) is 0 Å². The highest BCUT2D eigenvalue weighted by atomic mass is 15.0. The van der Waals surface area contributed by atoms with E-state index in [-0.39, 0.29) is 6.04 Å². The van der Waals surface area contributed by atoms with Crippen LogP contribution in [-0.2, 0) is 0 Å². The van der Waals surface area contributed by atoms with Crippen molar-refractivity contribution in [1.29, 1.82) is 5.53 Å². The first kappa shape index (κ1) is 8.10. The third-order valence-corrected chi connectivity index (χ3v) is 0.888. The molecule has 0 aliphatic carbocycles. The maximum absolute atomic E-state index is 6.63. The summed E-state index contributed by atoms with van der Waals surface area (Å²) in [5.41, 5.74) is 12.6. The van der Waals surface area contributed by atoms with Gasteiger partial charge in [-0.2, -0.15) is 5.11 Å². The first-order valence-corrected chi connectivity index (χ1v) is 2.72. The highest BCUT2D eigenvalue weighted by Gasteiger charge is 1.98. The van der Waals surface area contributed by atoms with Gasteiger partial charge in [-0.05, 0) is 6.92 Å². The zero-order chi connectivity index (χ0) is 7.28. The zero-order valence-corrected chi connectivity index (χ0v) is 5.68. The van der Waals surface area contributed by atoms with E-state index in [0.29, 0.717) is 5.70 Å². The molecule has 0 fully saturated rings. The van der Waals surface area contributed by atoms with E-state index in [1.165, 1.54) is 0 Å². The van der Waals surface area contributed by atoms with Crippen LogP contribution in [0.3, 0.4) is 0 Å². The van der Waals surface area contributed by atoms with Gasteiger partial charge in [0.05, 0.1) is 5.70 Å². The van der Waals surface area contributed by atoms with Gasteiger partial charge in [0, 0.05) is 19.3 Å². The summed E-state index contributed by atoms with van der Waals surface area (Å²) in [6.45, 7) is 1.78. The molecule has 1 atom stereocenters. The van der Waals surface area contributed by atoms with Gasteiger partial charge < -0.3 is 11.1 Å². The smallest absolute Gasteiger partial charge is 0.0943 e. The average Bonchev–Trinajstić information content (AvgIpc) is 1.82. The summed E-state index contributed by atoms with van der Waals surface area (Å²) in [5, 5.41) is 5.95. The minimum absolute atomic E-state index is 0.171. The van der Waals surface area contributed by atoms with Gasteiger partial charge in [0.1, 0.15) is 0 Å². The summed E-state index contributed by atoms with van der Waals surface area (Å²) < 4.78 is 0. The lowest BCUT2D eigenvalue weighted by molar-refractivity contribution is 0.797. The molecule has 0 spiro atoms. The molecule has 0 aromatic carbocycles. The highest BCUT2D eigenvalue weighted by Crippen LogP contribution is 1.97. The molecule has 1 unspecified atom stereocenters. The number of hydrogen-bond donors (Lipinski definition) is 3. The summed E-state index contributed by atoms with van der Waals surface area (Å²) in [4.78, 5) is 0. The predicted molar refractivity (Wildman–Crippen MR) is 35.9 cm³/mol. The Labute approximate surface area is 54.6 Å². The van der Waals surface area contributed by atoms with Gasteiger partial charge in [0.15, 0.2) is 0 Å². The van der Waals surface area contributed by atoms with Crippen LogP contribution in [-0.4, -0.2) is 13.1 Å². The maximum Gasteiger partial charge on any atom is 0.0943 e. The minimum atomic E-state index is -0.171. The molecule has 52 valence electrons. The lowest BCUT2D eigenvalue weighted by Crippen LogP contribution is -2.18. The van der Waals surface area contributed by atoms with Crippen LogP contribution < -0.4 is 11.1 Å². The summed E-state index contributed by atoms with van der Waals surface area (Å²) in [5.74, 6) is 0. The van der Waals surface area contributed by atoms with Crippen molar-refractivity contribution in [2.75, 3.05) is 7.05 Å². The molecule has 4 nitrogen and oxygen atoms in total. The fourth-order valence-electron chi connectivity index (χ4n) is 0.413. The second-order valence-corrected chi connectivity index (χ2v) is 1.76. The molecule has 0 aliphatic heterocycles. The summed E-state index contributed by atoms with van der Waals surface area (Å²) in [6.07, 6.45) is 1.61. The monoisotopic (exact) mass is 128 g/mol. The first-order chi connectivity index (χ1) is 4.22. The third-order valence-electron chi connectivity index (χ3n) is 0.888. The Morgan fingerprint density at radius 2 is 2.44 bits per heavy atom. The van der Waals surface area contributed by atoms with Crippen LogP contribution in [0.4, 0.5) is 0 Å². The average molecular weight is 128 g/mol. The molecule has 0 rings (SSSR count). The number of nitrogens with zero attached hydrogens (tertiary/aromatic N) is 1. The van der Waals surface area contributed by atoms with E-state index < -0.39 is 0 Å². The second-order valence-electron chi connectivity index (χ2n) is 1.76. The van der Waals surface area contributed by atoms with Crippen LogP contribution in [0.5, 0.6) is 0 Å². The molecular weight excluding hydrogens is 116 g/mol. The van der Waals surface area contributed by atoms with Crippen LogP contribution in [0.2, 0.25) is 0 Å². The molecule has 0 amide bonds. The molecule has 0 aromatic rings. The normalized spacial score (nSPS) is 14.8. The summed E-state index contributed by atoms with van der Waals surface area (Å²) in [7, 11) is 1.74. The molecule has 0 aliphatic rings. The van der Waals surface area contributed by atoms with E-state index >= 15 is 0 Å². The number of nitrogens with two attached hydrogens (primary N) is 1. The molecule has 0 saturated heterocycles. The number of rotatable bonds is 3. The lowest BCUT2D eigenvalue weighted by Gasteiger charge is -2.01. The van der Waals surface area contributed by atoms with Crippen LogP contribution >= 0.6 is 0 Å². The molecule has 0 bridgehead atoms. The van der Waals surface area contributed by atoms with Crippen LogP contribution in [0.15, 0.2) is 17.0 Å². The quantitative estimate of drug-likeness (QED) is 0.482. The maximum atomic E-state index is 6.63. The minimum Gasteiger partial charge on any atom is -0.392 e. The molecule has 0 saturated carbocycles. The van der Waals surface area contributed by atoms with E-state index in [2.05, 4.69) is 10.4 Å². The second kappa shape index (κ2) is 4.03. The zero-order valence-electron chi connectivity index (χ0n) is 5.68. The van der Waals surface area contributed by atoms with Gasteiger partial charge in [-0.25, -0.2) is 5.53 Å². The fourth-order valence-corrected chi connectivity index (χ4v) is 0.413. The van der Waals surface area contributed by atoms with Crippen molar-refractivity contribution >= 4 is 0 Å². The van der Waals surface area contributed by atoms with Crippen LogP contribution in [0.25, 0.3) is 0 Å². The van der Waals surface area contributed by atoms with Gasteiger partial charge in [0.25, 0.3) is 0 Å². The first-order valence-electron chi connectivity index (χ1n) is 2.72. The van der Waals surface area contributed by atoms with Crippen molar-refractivity contribution in [2.24, 2.45) is 10.8 Å². The van der Waals surface area contributed by atoms with Gasteiger partial charge in [-0.1, -0.05) is 0 Å². The van der Waals surface area contributed by atoms with Crippen LogP contribution in [0.1, 0.15) is 6.92 Å². The molecule has 4 heteroatoms. The number of hydrogen-bond acceptors (Lipinski definition) is 4. The van der Waals surface area contributed by atoms with E-state index in [4.69, 9.17) is 11.3 Å². The Hall–Kier alpha value is -0.900. The highest BCUT2D eigenvalue weighted by molar-refractivity contribution is 5.03. The van der Waals surface area contributed by atoms with E-state index in [1.54, 1.807) is 20.2 Å². The Balaban J connectivity index is 3.97. The topological polar surface area (TPSA) is 74.3 Å². The Kier molecular flexibility index (Phi) is 3.62. The third kappa shape index (κ3) is 2.81. The van der Waals surface area contributed by atoms with E-state index in [0.717, 1.165) is 0 Å². The van der Waals surface area contributed by atoms with Gasteiger partial charge in [-0.15, -0.1) is 0 Å². The molecule has 0 heterocycles. The van der Waals surface area contributed by atoms with Gasteiger partial charge >= 0.3 is 0 Å². The molecular formula is C5H12N4. The fraction of sp³-hybridized carbons (Fsp3) is 0.600. The Bertz CT molecular complexity index is 116. The lowest BCUT2D eigenvalue weighted by atomic mass is 10.3. The van der Waals surface area contributed by atoms with Crippen molar-refractivity contribution in [3.63, 3.8) is 0 Å². The molecule has 0 radical (unpaired) electrons. The molecule has 0 aromatic heterocycles. The summed E-state index contributed by atoms with van der Waals surface area (Å²) in [6, 6.07) is -0.171. The van der Waals surface area contributed by atoms with Gasteiger partial charge in [0.2, 0.25) is 0 Å². The number of nitrogens with one attached hydrogen (secondary N) is 2. The Morgan fingerprint density at radius 3 is 2.56 bits per heavy atom. The summed E-state index contributed by atoms with van der Waals surface area (Å²) >= 11 is 0. The molecule has 9 heavy (non-hydrogen) atoms. The van der Waals surface area contributed by atoms with Crippen molar-refractivity contribution < 1.29 is 0 Å². The Morgan fingerprint density at radius 1 is 1.89 bits per heavy atom. The van der Waals surface area contributed by atoms with Crippen molar-refractivity contribution in [3.8, 4) is 0 Å². The van der Waals surface area contributed by atoms with Crippen molar-refractivity contribution in [2.45, 2.75) is 13.0 Å². The standard InChI is InChI=1S/C5H12N4/c1-4(6)5(9-7)3-8-2/h3-4,7-8H,6H2,1-2H3/b5-3-,9-7?. The predicted octanol–water partition coefficient (Wildman–Crippen LogP) is 0.425. The van der Waals surface area contributed by atoms with Crippen molar-refractivity contribution in [3.05, 3.63) is 11.9 Å². The van der Waals surface area contributed by atoms with E-state index in [1.807, 2.05) is 0 Å².